The zero-order valence-electron chi connectivity index (χ0n) is 27.7. The van der Waals surface area contributed by atoms with Crippen molar-refractivity contribution in [2.24, 2.45) is 0 Å². The van der Waals surface area contributed by atoms with Gasteiger partial charge in [-0.05, 0) is 59.6 Å². The molecule has 3 rings (SSSR count). The minimum absolute atomic E-state index is 0.106. The van der Waals surface area contributed by atoms with Crippen LogP contribution in [0.15, 0.2) is 73.2 Å². The number of likely N-dealkylation sites (N-methyl/N-ethyl adjacent to an activating group) is 1. The summed E-state index contributed by atoms with van der Waals surface area (Å²) in [5.74, 6) is -1.13. The molecule has 12 heteroatoms. The molecule has 2 atom stereocenters. The zero-order chi connectivity index (χ0) is 33.9. The Kier molecular flexibility index (Phi) is 12.5. The number of nitrogens with zero attached hydrogens (tertiary/aromatic N) is 3. The molecule has 0 aliphatic rings. The van der Waals surface area contributed by atoms with E-state index in [0.717, 1.165) is 11.1 Å². The number of ether oxygens (including phenoxy) is 2. The van der Waals surface area contributed by atoms with Crippen LogP contribution in [0.2, 0.25) is 0 Å². The van der Waals surface area contributed by atoms with E-state index in [9.17, 15) is 19.2 Å². The first-order valence-electron chi connectivity index (χ1n) is 15.4. The van der Waals surface area contributed by atoms with Crippen molar-refractivity contribution in [1.82, 2.24) is 25.1 Å². The Balaban J connectivity index is 1.80. The van der Waals surface area contributed by atoms with Crippen molar-refractivity contribution < 1.29 is 28.7 Å². The number of rotatable bonds is 14. The lowest BCUT2D eigenvalue weighted by molar-refractivity contribution is -0.133. The minimum atomic E-state index is -1.42. The average Bonchev–Trinajstić information content (AvgIpc) is 3.44. The highest BCUT2D eigenvalue weighted by Gasteiger charge is 2.35. The standard InChI is InChI=1S/C34H46N6O6/c1-8-39(9-2)30(42)28(25-18-14-11-15-19-25)40-20-27(35-23-40)37-29(41)26(22-45-21-24-16-12-10-13-17-24)36-31(43)34(6,7)38-32(44)46-33(3,4)5/h10-20,23,26,28H,8-9,21-22H2,1-7H3,(H,36,43)(H,37,41)(H,38,44)/t26-,28?/m1/s1. The van der Waals surface area contributed by atoms with Crippen LogP contribution >= 0.6 is 0 Å². The van der Waals surface area contributed by atoms with Gasteiger partial charge in [-0.1, -0.05) is 60.7 Å². The van der Waals surface area contributed by atoms with E-state index in [4.69, 9.17) is 9.47 Å². The number of alkyl carbamates (subject to hydrolysis) is 1. The second-order valence-electron chi connectivity index (χ2n) is 12.3. The van der Waals surface area contributed by atoms with Crippen LogP contribution in [-0.2, 0) is 30.5 Å². The number of amides is 4. The predicted octanol–water partition coefficient (Wildman–Crippen LogP) is 4.28. The Bertz CT molecular complexity index is 1450. The molecular formula is C34H46N6O6. The molecule has 0 aliphatic heterocycles. The summed E-state index contributed by atoms with van der Waals surface area (Å²) in [6.45, 7) is 13.1. The molecule has 0 saturated heterocycles. The van der Waals surface area contributed by atoms with Gasteiger partial charge < -0.3 is 34.9 Å². The van der Waals surface area contributed by atoms with Gasteiger partial charge >= 0.3 is 6.09 Å². The molecule has 1 aromatic heterocycles. The van der Waals surface area contributed by atoms with E-state index in [1.54, 1.807) is 36.4 Å². The number of benzene rings is 2. The van der Waals surface area contributed by atoms with Crippen molar-refractivity contribution in [2.45, 2.75) is 78.3 Å². The van der Waals surface area contributed by atoms with Gasteiger partial charge in [-0.25, -0.2) is 9.78 Å². The summed E-state index contributed by atoms with van der Waals surface area (Å²) in [7, 11) is 0. The lowest BCUT2D eigenvalue weighted by Gasteiger charge is -2.29. The summed E-state index contributed by atoms with van der Waals surface area (Å²) in [6, 6.07) is 16.9. The van der Waals surface area contributed by atoms with Gasteiger partial charge in [0.05, 0.1) is 19.5 Å². The van der Waals surface area contributed by atoms with Crippen LogP contribution in [0, 0.1) is 0 Å². The van der Waals surface area contributed by atoms with Crippen molar-refractivity contribution in [2.75, 3.05) is 25.0 Å². The van der Waals surface area contributed by atoms with Gasteiger partial charge in [0.25, 0.3) is 5.91 Å². The molecule has 1 unspecified atom stereocenters. The van der Waals surface area contributed by atoms with Crippen molar-refractivity contribution in [3.05, 3.63) is 84.3 Å². The number of hydrogen-bond donors (Lipinski definition) is 3. The minimum Gasteiger partial charge on any atom is -0.444 e. The fourth-order valence-electron chi connectivity index (χ4n) is 4.55. The summed E-state index contributed by atoms with van der Waals surface area (Å²) in [5.41, 5.74) is -0.518. The van der Waals surface area contributed by atoms with Gasteiger partial charge in [-0.3, -0.25) is 14.4 Å². The number of aromatic nitrogens is 2. The number of imidazole rings is 1. The van der Waals surface area contributed by atoms with E-state index >= 15 is 0 Å². The molecule has 248 valence electrons. The van der Waals surface area contributed by atoms with E-state index in [0.29, 0.717) is 13.1 Å². The molecule has 0 fully saturated rings. The van der Waals surface area contributed by atoms with Crippen LogP contribution in [0.5, 0.6) is 0 Å². The summed E-state index contributed by atoms with van der Waals surface area (Å²) in [6.07, 6.45) is 2.29. The molecule has 0 aliphatic carbocycles. The fraction of sp³-hybridized carbons (Fsp3) is 0.441. The molecule has 2 aromatic carbocycles. The molecule has 3 aromatic rings. The topological polar surface area (TPSA) is 144 Å². The maximum atomic E-state index is 13.6. The maximum absolute atomic E-state index is 13.6. The molecule has 46 heavy (non-hydrogen) atoms. The van der Waals surface area contributed by atoms with E-state index in [-0.39, 0.29) is 24.9 Å². The predicted molar refractivity (Wildman–Crippen MR) is 175 cm³/mol. The van der Waals surface area contributed by atoms with Crippen LogP contribution in [0.3, 0.4) is 0 Å². The molecule has 0 saturated carbocycles. The second-order valence-corrected chi connectivity index (χ2v) is 12.3. The number of carbonyl (C=O) groups excluding carboxylic acids is 4. The van der Waals surface area contributed by atoms with Crippen molar-refractivity contribution >= 4 is 29.6 Å². The van der Waals surface area contributed by atoms with Crippen LogP contribution in [0.25, 0.3) is 0 Å². The molecule has 1 heterocycles. The second kappa shape index (κ2) is 16.0. The smallest absolute Gasteiger partial charge is 0.408 e. The normalized spacial score (nSPS) is 12.8. The maximum Gasteiger partial charge on any atom is 0.408 e. The number of nitrogens with one attached hydrogen (secondary N) is 3. The number of hydrogen-bond acceptors (Lipinski definition) is 7. The van der Waals surface area contributed by atoms with E-state index in [2.05, 4.69) is 20.9 Å². The van der Waals surface area contributed by atoms with Crippen LogP contribution in [0.1, 0.15) is 65.6 Å². The molecule has 0 bridgehead atoms. The number of anilines is 1. The lowest BCUT2D eigenvalue weighted by atomic mass is 10.0. The van der Waals surface area contributed by atoms with E-state index in [1.807, 2.05) is 74.5 Å². The Morgan fingerprint density at radius 1 is 0.913 bits per heavy atom. The quantitative estimate of drug-likeness (QED) is 0.240. The Morgan fingerprint density at radius 2 is 1.52 bits per heavy atom. The third-order valence-corrected chi connectivity index (χ3v) is 6.97. The summed E-state index contributed by atoms with van der Waals surface area (Å²) >= 11 is 0. The van der Waals surface area contributed by atoms with Crippen LogP contribution < -0.4 is 16.0 Å². The average molecular weight is 635 g/mol. The molecule has 0 radical (unpaired) electrons. The monoisotopic (exact) mass is 634 g/mol. The highest BCUT2D eigenvalue weighted by molar-refractivity contribution is 5.98. The summed E-state index contributed by atoms with van der Waals surface area (Å²) in [5, 5.41) is 7.99. The SMILES string of the molecule is CCN(CC)C(=O)C(c1ccccc1)n1cnc(NC(=O)[C@@H](COCc2ccccc2)NC(=O)C(C)(C)NC(=O)OC(C)(C)C)c1. The number of carbonyl (C=O) groups is 4. The van der Waals surface area contributed by atoms with E-state index in [1.165, 1.54) is 20.2 Å². The molecular weight excluding hydrogens is 588 g/mol. The van der Waals surface area contributed by atoms with Crippen molar-refractivity contribution in [3.63, 3.8) is 0 Å². The highest BCUT2D eigenvalue weighted by Crippen LogP contribution is 2.23. The molecule has 3 N–H and O–H groups in total. The third kappa shape index (κ3) is 10.4. The van der Waals surface area contributed by atoms with Crippen LogP contribution in [0.4, 0.5) is 10.6 Å². The van der Waals surface area contributed by atoms with Crippen LogP contribution in [-0.4, -0.2) is 75.1 Å². The van der Waals surface area contributed by atoms with Crippen molar-refractivity contribution in [3.8, 4) is 0 Å². The fourth-order valence-corrected chi connectivity index (χ4v) is 4.55. The first-order chi connectivity index (χ1) is 21.7. The largest absolute Gasteiger partial charge is 0.444 e. The first kappa shape index (κ1) is 35.8. The lowest BCUT2D eigenvalue weighted by Crippen LogP contribution is -2.59. The Labute approximate surface area is 270 Å². The van der Waals surface area contributed by atoms with E-state index < -0.39 is 41.1 Å². The summed E-state index contributed by atoms with van der Waals surface area (Å²) < 4.78 is 12.8. The molecule has 4 amide bonds. The molecule has 12 nitrogen and oxygen atoms in total. The van der Waals surface area contributed by atoms with Gasteiger partial charge in [-0.2, -0.15) is 0 Å². The summed E-state index contributed by atoms with van der Waals surface area (Å²) in [4.78, 5) is 58.9. The molecule has 0 spiro atoms. The van der Waals surface area contributed by atoms with Gasteiger partial charge in [0.2, 0.25) is 11.8 Å². The van der Waals surface area contributed by atoms with Gasteiger partial charge in [0.1, 0.15) is 23.2 Å². The van der Waals surface area contributed by atoms with Gasteiger partial charge in [-0.15, -0.1) is 0 Å². The third-order valence-electron chi connectivity index (χ3n) is 6.97. The first-order valence-corrected chi connectivity index (χ1v) is 15.4. The van der Waals surface area contributed by atoms with Crippen molar-refractivity contribution in [1.29, 1.82) is 0 Å². The van der Waals surface area contributed by atoms with Gasteiger partial charge in [0.15, 0.2) is 5.82 Å². The zero-order valence-corrected chi connectivity index (χ0v) is 27.7. The Morgan fingerprint density at radius 3 is 2.11 bits per heavy atom. The highest BCUT2D eigenvalue weighted by atomic mass is 16.6. The Hall–Kier alpha value is -4.71. The van der Waals surface area contributed by atoms with Gasteiger partial charge in [0, 0.05) is 19.3 Å².